The maximum Gasteiger partial charge on any atom is 0.161 e. The first kappa shape index (κ1) is 15.3. The van der Waals surface area contributed by atoms with Gasteiger partial charge in [-0.3, -0.25) is 0 Å². The van der Waals surface area contributed by atoms with Gasteiger partial charge in [0.1, 0.15) is 5.15 Å². The number of hydrogen-bond acceptors (Lipinski definition) is 2. The highest BCUT2D eigenvalue weighted by Crippen LogP contribution is 2.34. The van der Waals surface area contributed by atoms with Gasteiger partial charge in [-0.05, 0) is 34.1 Å². The Labute approximate surface area is 129 Å². The van der Waals surface area contributed by atoms with Gasteiger partial charge >= 0.3 is 0 Å². The third kappa shape index (κ3) is 2.99. The Hall–Kier alpha value is -1.07. The summed E-state index contributed by atoms with van der Waals surface area (Å²) in [7, 11) is 0. The molecule has 2 aromatic rings. The minimum Gasteiger partial charge on any atom is -0.231 e. The van der Waals surface area contributed by atoms with Crippen LogP contribution in [0.25, 0.3) is 11.4 Å². The maximum atomic E-state index is 13.3. The molecule has 0 N–H and O–H groups in total. The molecular formula is C14H12BrClF2N2. The molecule has 106 valence electrons. The first-order valence-electron chi connectivity index (χ1n) is 5.89. The summed E-state index contributed by atoms with van der Waals surface area (Å²) in [6.45, 7) is 5.93. The van der Waals surface area contributed by atoms with Crippen molar-refractivity contribution >= 4 is 27.5 Å². The highest BCUT2D eigenvalue weighted by atomic mass is 79.9. The van der Waals surface area contributed by atoms with Gasteiger partial charge in [0.2, 0.25) is 0 Å². The zero-order valence-corrected chi connectivity index (χ0v) is 13.5. The largest absolute Gasteiger partial charge is 0.231 e. The summed E-state index contributed by atoms with van der Waals surface area (Å²) in [5.41, 5.74) is 0.819. The number of benzene rings is 1. The smallest absolute Gasteiger partial charge is 0.161 e. The van der Waals surface area contributed by atoms with Crippen LogP contribution >= 0.6 is 27.5 Å². The average molecular weight is 362 g/mol. The lowest BCUT2D eigenvalue weighted by Gasteiger charge is -2.20. The fraction of sp³-hybridized carbons (Fsp3) is 0.286. The lowest BCUT2D eigenvalue weighted by atomic mass is 9.92. The molecule has 0 aliphatic heterocycles. The lowest BCUT2D eigenvalue weighted by molar-refractivity contribution is 0.509. The SMILES string of the molecule is CC(C)(C)c1nc(-c2ccc(F)c(F)c2)nc(Cl)c1Br. The lowest BCUT2D eigenvalue weighted by Crippen LogP contribution is -2.16. The molecule has 0 bridgehead atoms. The van der Waals surface area contributed by atoms with Crippen molar-refractivity contribution in [1.82, 2.24) is 9.97 Å². The third-order valence-electron chi connectivity index (χ3n) is 2.70. The Bertz CT molecular complexity index is 669. The van der Waals surface area contributed by atoms with Gasteiger partial charge in [0.05, 0.1) is 10.2 Å². The summed E-state index contributed by atoms with van der Waals surface area (Å²) < 4.78 is 26.9. The van der Waals surface area contributed by atoms with E-state index >= 15 is 0 Å². The Morgan fingerprint density at radius 2 is 1.75 bits per heavy atom. The van der Waals surface area contributed by atoms with Crippen molar-refractivity contribution in [3.63, 3.8) is 0 Å². The van der Waals surface area contributed by atoms with E-state index in [1.807, 2.05) is 20.8 Å². The van der Waals surface area contributed by atoms with Gasteiger partial charge in [-0.25, -0.2) is 18.7 Å². The van der Waals surface area contributed by atoms with Crippen molar-refractivity contribution in [2.24, 2.45) is 0 Å². The van der Waals surface area contributed by atoms with E-state index in [9.17, 15) is 8.78 Å². The van der Waals surface area contributed by atoms with Gasteiger partial charge in [-0.15, -0.1) is 0 Å². The Morgan fingerprint density at radius 1 is 1.10 bits per heavy atom. The quantitative estimate of drug-likeness (QED) is 0.658. The van der Waals surface area contributed by atoms with E-state index in [0.717, 1.165) is 12.1 Å². The number of aromatic nitrogens is 2. The summed E-state index contributed by atoms with van der Waals surface area (Å²) in [6.07, 6.45) is 0. The van der Waals surface area contributed by atoms with Crippen LogP contribution in [0, 0.1) is 11.6 Å². The molecule has 20 heavy (non-hydrogen) atoms. The second-order valence-electron chi connectivity index (χ2n) is 5.38. The Kier molecular flexibility index (Phi) is 4.12. The van der Waals surface area contributed by atoms with E-state index in [0.29, 0.717) is 15.7 Å². The molecule has 0 saturated heterocycles. The number of hydrogen-bond donors (Lipinski definition) is 0. The van der Waals surface area contributed by atoms with E-state index in [4.69, 9.17) is 11.6 Å². The summed E-state index contributed by atoms with van der Waals surface area (Å²) >= 11 is 9.44. The molecule has 2 rings (SSSR count). The standard InChI is InChI=1S/C14H12BrClF2N2/c1-14(2,3)11-10(15)12(16)20-13(19-11)7-4-5-8(17)9(18)6-7/h4-6H,1-3H3. The molecular weight excluding hydrogens is 350 g/mol. The highest BCUT2D eigenvalue weighted by molar-refractivity contribution is 9.10. The van der Waals surface area contributed by atoms with Crippen LogP contribution in [-0.2, 0) is 5.41 Å². The van der Waals surface area contributed by atoms with Crippen molar-refractivity contribution in [2.75, 3.05) is 0 Å². The first-order chi connectivity index (χ1) is 9.20. The topological polar surface area (TPSA) is 25.8 Å². The molecule has 0 atom stereocenters. The van der Waals surface area contributed by atoms with Gasteiger partial charge in [0, 0.05) is 11.0 Å². The van der Waals surface area contributed by atoms with Crippen LogP contribution < -0.4 is 0 Å². The number of rotatable bonds is 1. The normalized spacial score (nSPS) is 11.8. The van der Waals surface area contributed by atoms with Crippen molar-refractivity contribution < 1.29 is 8.78 Å². The Morgan fingerprint density at radius 3 is 2.30 bits per heavy atom. The molecule has 0 aliphatic carbocycles. The van der Waals surface area contributed by atoms with Crippen LogP contribution in [0.15, 0.2) is 22.7 Å². The van der Waals surface area contributed by atoms with E-state index in [1.165, 1.54) is 6.07 Å². The first-order valence-corrected chi connectivity index (χ1v) is 7.06. The zero-order valence-electron chi connectivity index (χ0n) is 11.1. The van der Waals surface area contributed by atoms with Crippen LogP contribution in [0.2, 0.25) is 5.15 Å². The van der Waals surface area contributed by atoms with Crippen molar-refractivity contribution in [1.29, 1.82) is 0 Å². The predicted molar refractivity (Wildman–Crippen MR) is 78.8 cm³/mol. The van der Waals surface area contributed by atoms with Crippen LogP contribution in [0.4, 0.5) is 8.78 Å². The minimum absolute atomic E-state index is 0.240. The Balaban J connectivity index is 2.63. The molecule has 1 aromatic heterocycles. The molecule has 6 heteroatoms. The average Bonchev–Trinajstić information content (AvgIpc) is 2.34. The highest BCUT2D eigenvalue weighted by Gasteiger charge is 2.23. The van der Waals surface area contributed by atoms with E-state index in [-0.39, 0.29) is 16.4 Å². The van der Waals surface area contributed by atoms with Gasteiger partial charge < -0.3 is 0 Å². The van der Waals surface area contributed by atoms with Crippen LogP contribution in [0.1, 0.15) is 26.5 Å². The van der Waals surface area contributed by atoms with Gasteiger partial charge in [-0.1, -0.05) is 32.4 Å². The van der Waals surface area contributed by atoms with Crippen LogP contribution in [0.5, 0.6) is 0 Å². The van der Waals surface area contributed by atoms with E-state index < -0.39 is 11.6 Å². The molecule has 0 spiro atoms. The van der Waals surface area contributed by atoms with E-state index in [1.54, 1.807) is 0 Å². The molecule has 0 unspecified atom stereocenters. The van der Waals surface area contributed by atoms with Gasteiger partial charge in [-0.2, -0.15) is 0 Å². The summed E-state index contributed by atoms with van der Waals surface area (Å²) in [5.74, 6) is -1.59. The van der Waals surface area contributed by atoms with Gasteiger partial charge in [0.15, 0.2) is 17.5 Å². The molecule has 1 heterocycles. The zero-order chi connectivity index (χ0) is 15.1. The summed E-state index contributed by atoms with van der Waals surface area (Å²) in [6, 6.07) is 3.52. The molecule has 0 amide bonds. The summed E-state index contributed by atoms with van der Waals surface area (Å²) in [4.78, 5) is 8.52. The second-order valence-corrected chi connectivity index (χ2v) is 6.53. The molecule has 2 nitrogen and oxygen atoms in total. The fourth-order valence-electron chi connectivity index (χ4n) is 1.68. The fourth-order valence-corrected chi connectivity index (χ4v) is 2.62. The monoisotopic (exact) mass is 360 g/mol. The number of halogens is 4. The molecule has 0 aliphatic rings. The molecule has 1 aromatic carbocycles. The van der Waals surface area contributed by atoms with Gasteiger partial charge in [0.25, 0.3) is 0 Å². The van der Waals surface area contributed by atoms with Crippen molar-refractivity contribution in [3.8, 4) is 11.4 Å². The van der Waals surface area contributed by atoms with E-state index in [2.05, 4.69) is 25.9 Å². The maximum absolute atomic E-state index is 13.3. The van der Waals surface area contributed by atoms with Crippen molar-refractivity contribution in [3.05, 3.63) is 45.2 Å². The molecule has 0 radical (unpaired) electrons. The predicted octanol–water partition coefficient (Wildman–Crippen LogP) is 5.14. The molecule has 0 saturated carbocycles. The second kappa shape index (κ2) is 5.37. The van der Waals surface area contributed by atoms with Crippen molar-refractivity contribution in [2.45, 2.75) is 26.2 Å². The molecule has 0 fully saturated rings. The van der Waals surface area contributed by atoms with Crippen LogP contribution in [0.3, 0.4) is 0 Å². The third-order valence-corrected chi connectivity index (χ3v) is 3.95. The number of nitrogens with zero attached hydrogens (tertiary/aromatic N) is 2. The minimum atomic E-state index is -0.942. The summed E-state index contributed by atoms with van der Waals surface area (Å²) in [5, 5.41) is 0.240. The van der Waals surface area contributed by atoms with Crippen LogP contribution in [-0.4, -0.2) is 9.97 Å².